The molecule has 1 heterocycles. The zero-order valence-electron chi connectivity index (χ0n) is 17.3. The summed E-state index contributed by atoms with van der Waals surface area (Å²) < 4.78 is 11.8. The summed E-state index contributed by atoms with van der Waals surface area (Å²) >= 11 is 0. The molecule has 1 saturated heterocycles. The maximum Gasteiger partial charge on any atom is 0.328 e. The van der Waals surface area contributed by atoms with E-state index >= 15 is 0 Å². The van der Waals surface area contributed by atoms with Crippen molar-refractivity contribution in [3.05, 3.63) is 54.1 Å². The predicted octanol–water partition coefficient (Wildman–Crippen LogP) is 2.64. The molecule has 2 aromatic rings. The fraction of sp³-hybridized carbons (Fsp3) is 0.304. The van der Waals surface area contributed by atoms with Crippen LogP contribution in [0.25, 0.3) is 0 Å². The second-order valence-electron chi connectivity index (χ2n) is 7.87. The topological polar surface area (TPSA) is 137 Å². The van der Waals surface area contributed by atoms with Gasteiger partial charge >= 0.3 is 6.03 Å². The summed E-state index contributed by atoms with van der Waals surface area (Å²) in [5.74, 6) is -1.06. The second kappa shape index (κ2) is 8.70. The number of ether oxygens (including phenoxy) is 2. The highest BCUT2D eigenvalue weighted by molar-refractivity contribution is 6.22. The van der Waals surface area contributed by atoms with Crippen LogP contribution in [-0.4, -0.2) is 29.4 Å². The normalized spacial score (nSPS) is 18.4. The highest BCUT2D eigenvalue weighted by Gasteiger charge is 2.58. The smallest absolute Gasteiger partial charge is 0.328 e. The van der Waals surface area contributed by atoms with Gasteiger partial charge < -0.3 is 15.2 Å². The van der Waals surface area contributed by atoms with E-state index in [1.807, 2.05) is 0 Å². The summed E-state index contributed by atoms with van der Waals surface area (Å²) in [6.07, 6.45) is 4.09. The Balaban J connectivity index is 1.54. The number of carbonyl (C=O) groups is 4. The van der Waals surface area contributed by atoms with Crippen molar-refractivity contribution in [1.29, 1.82) is 0 Å². The van der Waals surface area contributed by atoms with Gasteiger partial charge in [-0.05, 0) is 61.4 Å². The third kappa shape index (κ3) is 4.14. The molecule has 0 spiro atoms. The Morgan fingerprint density at radius 1 is 0.812 bits per heavy atom. The fourth-order valence-electron chi connectivity index (χ4n) is 4.17. The van der Waals surface area contributed by atoms with Gasteiger partial charge in [0.05, 0.1) is 0 Å². The van der Waals surface area contributed by atoms with Crippen LogP contribution in [0.15, 0.2) is 48.5 Å². The summed E-state index contributed by atoms with van der Waals surface area (Å²) in [5, 5.41) is 4.36. The number of hydrogen-bond donors (Lipinski definition) is 3. The lowest BCUT2D eigenvalue weighted by Crippen LogP contribution is -2.72. The lowest BCUT2D eigenvalue weighted by molar-refractivity contribution is -0.158. The van der Waals surface area contributed by atoms with Crippen molar-refractivity contribution in [2.24, 2.45) is 11.7 Å². The largest absolute Gasteiger partial charge is 0.467 e. The molecule has 2 aromatic carbocycles. The Kier molecular flexibility index (Phi) is 5.81. The van der Waals surface area contributed by atoms with Crippen molar-refractivity contribution < 1.29 is 28.7 Å². The number of imide groups is 2. The zero-order chi connectivity index (χ0) is 22.7. The first-order valence-corrected chi connectivity index (χ1v) is 10.4. The van der Waals surface area contributed by atoms with Crippen LogP contribution >= 0.6 is 0 Å². The molecule has 2 aliphatic rings. The Hall–Kier alpha value is -3.88. The van der Waals surface area contributed by atoms with Gasteiger partial charge in [-0.1, -0.05) is 19.3 Å². The molecule has 5 amide bonds. The number of rotatable bonds is 6. The van der Waals surface area contributed by atoms with Crippen LogP contribution in [0, 0.1) is 5.92 Å². The van der Waals surface area contributed by atoms with Gasteiger partial charge in [0.1, 0.15) is 17.2 Å². The van der Waals surface area contributed by atoms with E-state index in [2.05, 4.69) is 10.6 Å². The van der Waals surface area contributed by atoms with Crippen LogP contribution in [0.5, 0.6) is 17.2 Å². The Labute approximate surface area is 184 Å². The average Bonchev–Trinajstić information content (AvgIpc) is 2.78. The third-order valence-electron chi connectivity index (χ3n) is 5.79. The molecular formula is C23H23N3O6. The van der Waals surface area contributed by atoms with Gasteiger partial charge in [-0.3, -0.25) is 25.0 Å². The van der Waals surface area contributed by atoms with Crippen LogP contribution in [0.2, 0.25) is 0 Å². The van der Waals surface area contributed by atoms with Crippen molar-refractivity contribution in [3.8, 4) is 17.2 Å². The first-order valence-electron chi connectivity index (χ1n) is 10.4. The van der Waals surface area contributed by atoms with Crippen molar-refractivity contribution in [1.82, 2.24) is 10.6 Å². The molecule has 32 heavy (non-hydrogen) atoms. The molecule has 0 unspecified atom stereocenters. The molecule has 0 bridgehead atoms. The van der Waals surface area contributed by atoms with Gasteiger partial charge in [0, 0.05) is 11.5 Å². The molecule has 0 aromatic heterocycles. The average molecular weight is 437 g/mol. The molecule has 0 radical (unpaired) electrons. The monoisotopic (exact) mass is 437 g/mol. The number of hydrogen-bond acceptors (Lipinski definition) is 6. The first kappa shape index (κ1) is 21.4. The van der Waals surface area contributed by atoms with E-state index < -0.39 is 29.4 Å². The lowest BCUT2D eigenvalue weighted by Gasteiger charge is -2.41. The minimum absolute atomic E-state index is 0.298. The molecule has 9 nitrogen and oxygen atoms in total. The summed E-state index contributed by atoms with van der Waals surface area (Å²) in [7, 11) is 0. The Morgan fingerprint density at radius 3 is 1.84 bits per heavy atom. The zero-order valence-corrected chi connectivity index (χ0v) is 17.3. The maximum absolute atomic E-state index is 12.8. The summed E-state index contributed by atoms with van der Waals surface area (Å²) in [5.41, 5.74) is 3.80. The summed E-state index contributed by atoms with van der Waals surface area (Å²) in [6, 6.07) is 12.0. The van der Waals surface area contributed by atoms with Crippen LogP contribution in [0.1, 0.15) is 42.5 Å². The Morgan fingerprint density at radius 2 is 1.31 bits per heavy atom. The fourth-order valence-corrected chi connectivity index (χ4v) is 4.17. The third-order valence-corrected chi connectivity index (χ3v) is 5.79. The highest BCUT2D eigenvalue weighted by Crippen LogP contribution is 2.38. The number of carbonyl (C=O) groups excluding carboxylic acids is 4. The number of nitrogens with one attached hydrogen (secondary N) is 2. The molecule has 2 fully saturated rings. The number of benzene rings is 2. The van der Waals surface area contributed by atoms with Crippen LogP contribution < -0.4 is 25.8 Å². The molecule has 1 aliphatic heterocycles. The highest BCUT2D eigenvalue weighted by atomic mass is 16.5. The minimum atomic E-state index is -1.80. The van der Waals surface area contributed by atoms with Gasteiger partial charge in [0.25, 0.3) is 17.4 Å². The number of nitrogens with two attached hydrogens (primary N) is 1. The molecular weight excluding hydrogens is 414 g/mol. The number of primary amides is 1. The van der Waals surface area contributed by atoms with Gasteiger partial charge in [0.15, 0.2) is 0 Å². The van der Waals surface area contributed by atoms with E-state index in [0.29, 0.717) is 35.7 Å². The van der Waals surface area contributed by atoms with Crippen molar-refractivity contribution >= 4 is 23.8 Å². The van der Waals surface area contributed by atoms with Gasteiger partial charge in [-0.25, -0.2) is 4.79 Å². The van der Waals surface area contributed by atoms with Gasteiger partial charge in [-0.2, -0.15) is 0 Å². The standard InChI is InChI=1S/C23H23N3O6/c24-19(27)14-6-8-16(9-7-14)31-17-10-12-18(13-11-17)32-23(15-4-2-1-3-5-15)20(28)25-22(30)26-21(23)29/h6-13,15H,1-5H2,(H2,24,27)(H2,25,26,28,29,30). The van der Waals surface area contributed by atoms with E-state index in [-0.39, 0.29) is 5.92 Å². The maximum atomic E-state index is 12.8. The lowest BCUT2D eigenvalue weighted by atomic mass is 9.75. The molecule has 9 heteroatoms. The number of barbiturate groups is 1. The molecule has 4 rings (SSSR count). The van der Waals surface area contributed by atoms with E-state index in [1.54, 1.807) is 48.5 Å². The molecule has 0 atom stereocenters. The predicted molar refractivity (Wildman–Crippen MR) is 113 cm³/mol. The minimum Gasteiger partial charge on any atom is -0.467 e. The van der Waals surface area contributed by atoms with Crippen molar-refractivity contribution in [2.75, 3.05) is 0 Å². The molecule has 4 N–H and O–H groups in total. The molecule has 1 saturated carbocycles. The van der Waals surface area contributed by atoms with Crippen LogP contribution in [0.3, 0.4) is 0 Å². The Bertz CT molecular complexity index is 1020. The summed E-state index contributed by atoms with van der Waals surface area (Å²) in [6.45, 7) is 0. The van der Waals surface area contributed by atoms with Gasteiger partial charge in [0.2, 0.25) is 5.91 Å². The number of urea groups is 1. The van der Waals surface area contributed by atoms with E-state index in [0.717, 1.165) is 19.3 Å². The van der Waals surface area contributed by atoms with Crippen molar-refractivity contribution in [2.45, 2.75) is 37.7 Å². The van der Waals surface area contributed by atoms with Crippen molar-refractivity contribution in [3.63, 3.8) is 0 Å². The molecule has 166 valence electrons. The quantitative estimate of drug-likeness (QED) is 0.594. The van der Waals surface area contributed by atoms with Crippen LogP contribution in [-0.2, 0) is 9.59 Å². The first-order chi connectivity index (χ1) is 15.4. The molecule has 1 aliphatic carbocycles. The summed E-state index contributed by atoms with van der Waals surface area (Å²) in [4.78, 5) is 48.5. The number of amides is 5. The van der Waals surface area contributed by atoms with Gasteiger partial charge in [-0.15, -0.1) is 0 Å². The van der Waals surface area contributed by atoms with E-state index in [1.165, 1.54) is 0 Å². The van der Waals surface area contributed by atoms with E-state index in [4.69, 9.17) is 15.2 Å². The van der Waals surface area contributed by atoms with Crippen LogP contribution in [0.4, 0.5) is 4.79 Å². The van der Waals surface area contributed by atoms with E-state index in [9.17, 15) is 19.2 Å². The SMILES string of the molecule is NC(=O)c1ccc(Oc2ccc(OC3(C4CCCCC4)C(=O)NC(=O)NC3=O)cc2)cc1. The second-order valence-corrected chi connectivity index (χ2v) is 7.87.